The van der Waals surface area contributed by atoms with Crippen LogP contribution in [0.1, 0.15) is 20.7 Å². The Morgan fingerprint density at radius 3 is 2.46 bits per heavy atom. The van der Waals surface area contributed by atoms with E-state index in [0.717, 1.165) is 32.8 Å². The molecule has 6 rings (SSSR count). The Hall–Kier alpha value is -3.84. The number of amides is 2. The molecular weight excluding hydrogens is 356 g/mol. The smallest absolute Gasteiger partial charge is 0.276 e. The van der Waals surface area contributed by atoms with Crippen molar-refractivity contribution in [3.05, 3.63) is 53.6 Å². The number of hydrogen-bond donors (Lipinski definition) is 3. The maximum atomic E-state index is 13.0. The molecule has 3 aromatic carbocycles. The van der Waals surface area contributed by atoms with Crippen LogP contribution in [0.25, 0.3) is 43.6 Å². The quantitative estimate of drug-likeness (QED) is 0.221. The van der Waals surface area contributed by atoms with Crippen molar-refractivity contribution in [2.24, 2.45) is 12.9 Å². The number of hydrazine groups is 1. The SMILES string of the molecule is Cn1c2cc(O)ccc2c2c3c(c4c5ccccc5[nH]c4c21)C(=O)N(N)C3=O. The predicted octanol–water partition coefficient (Wildman–Crippen LogP) is 3.14. The van der Waals surface area contributed by atoms with Crippen molar-refractivity contribution >= 4 is 55.4 Å². The van der Waals surface area contributed by atoms with Crippen LogP contribution in [0.4, 0.5) is 0 Å². The number of para-hydroxylation sites is 1. The molecule has 136 valence electrons. The van der Waals surface area contributed by atoms with Gasteiger partial charge in [-0.15, -0.1) is 0 Å². The minimum absolute atomic E-state index is 0.130. The topological polar surface area (TPSA) is 104 Å². The van der Waals surface area contributed by atoms with E-state index < -0.39 is 11.8 Å². The van der Waals surface area contributed by atoms with Crippen LogP contribution >= 0.6 is 0 Å². The van der Waals surface area contributed by atoms with E-state index >= 15 is 0 Å². The molecule has 0 atom stereocenters. The Labute approximate surface area is 157 Å². The molecular formula is C21H14N4O3. The number of benzene rings is 3. The van der Waals surface area contributed by atoms with Crippen LogP contribution in [-0.4, -0.2) is 31.5 Å². The molecule has 1 aliphatic rings. The molecule has 2 aromatic heterocycles. The number of rotatable bonds is 0. The van der Waals surface area contributed by atoms with Gasteiger partial charge in [0.05, 0.1) is 27.7 Å². The van der Waals surface area contributed by atoms with Gasteiger partial charge < -0.3 is 14.7 Å². The van der Waals surface area contributed by atoms with Gasteiger partial charge in [-0.25, -0.2) is 10.9 Å². The van der Waals surface area contributed by atoms with Gasteiger partial charge in [0.15, 0.2) is 0 Å². The second kappa shape index (κ2) is 4.71. The number of aromatic amines is 1. The number of nitrogens with zero attached hydrogens (tertiary/aromatic N) is 2. The average molecular weight is 370 g/mol. The molecule has 7 nitrogen and oxygen atoms in total. The number of fused-ring (bicyclic) bond motifs is 10. The number of nitrogens with one attached hydrogen (secondary N) is 1. The molecule has 0 fully saturated rings. The Morgan fingerprint density at radius 1 is 0.964 bits per heavy atom. The molecule has 0 saturated carbocycles. The second-order valence-electron chi connectivity index (χ2n) is 7.13. The van der Waals surface area contributed by atoms with Crippen molar-refractivity contribution in [1.29, 1.82) is 0 Å². The molecule has 28 heavy (non-hydrogen) atoms. The fraction of sp³-hybridized carbons (Fsp3) is 0.0476. The average Bonchev–Trinajstić information content (AvgIpc) is 3.28. The first-order valence-electron chi connectivity index (χ1n) is 8.80. The van der Waals surface area contributed by atoms with Crippen LogP contribution in [0.3, 0.4) is 0 Å². The lowest BCUT2D eigenvalue weighted by Gasteiger charge is -2.04. The molecule has 0 saturated heterocycles. The third-order valence-corrected chi connectivity index (χ3v) is 5.74. The number of aryl methyl sites for hydroxylation is 1. The summed E-state index contributed by atoms with van der Waals surface area (Å²) in [6, 6.07) is 12.7. The number of phenols is 1. The highest BCUT2D eigenvalue weighted by Crippen LogP contribution is 2.44. The molecule has 0 unspecified atom stereocenters. The van der Waals surface area contributed by atoms with Crippen LogP contribution in [-0.2, 0) is 7.05 Å². The zero-order valence-electron chi connectivity index (χ0n) is 14.8. The summed E-state index contributed by atoms with van der Waals surface area (Å²) in [6.45, 7) is 0. The van der Waals surface area contributed by atoms with E-state index in [-0.39, 0.29) is 5.75 Å². The van der Waals surface area contributed by atoms with Crippen LogP contribution in [0.2, 0.25) is 0 Å². The minimum Gasteiger partial charge on any atom is -0.508 e. The van der Waals surface area contributed by atoms with Gasteiger partial charge in [-0.2, -0.15) is 0 Å². The van der Waals surface area contributed by atoms with Crippen molar-refractivity contribution in [2.45, 2.75) is 0 Å². The summed E-state index contributed by atoms with van der Waals surface area (Å²) in [7, 11) is 1.88. The third-order valence-electron chi connectivity index (χ3n) is 5.74. The summed E-state index contributed by atoms with van der Waals surface area (Å²) < 4.78 is 1.93. The van der Waals surface area contributed by atoms with Gasteiger partial charge >= 0.3 is 0 Å². The number of aromatic hydroxyl groups is 1. The molecule has 0 aliphatic carbocycles. The normalized spacial score (nSPS) is 14.3. The number of nitrogens with two attached hydrogens (primary N) is 1. The van der Waals surface area contributed by atoms with Gasteiger partial charge in [0.2, 0.25) is 0 Å². The van der Waals surface area contributed by atoms with Crippen molar-refractivity contribution < 1.29 is 14.7 Å². The van der Waals surface area contributed by atoms with Gasteiger partial charge in [-0.3, -0.25) is 9.59 Å². The van der Waals surface area contributed by atoms with Crippen molar-refractivity contribution in [3.8, 4) is 5.75 Å². The van der Waals surface area contributed by atoms with E-state index in [2.05, 4.69) is 4.98 Å². The van der Waals surface area contributed by atoms with Crippen molar-refractivity contribution in [3.63, 3.8) is 0 Å². The number of carbonyl (C=O) groups excluding carboxylic acids is 2. The van der Waals surface area contributed by atoms with E-state index in [4.69, 9.17) is 5.84 Å². The lowest BCUT2D eigenvalue weighted by Crippen LogP contribution is -2.36. The zero-order chi connectivity index (χ0) is 19.3. The van der Waals surface area contributed by atoms with Gasteiger partial charge in [0.25, 0.3) is 11.8 Å². The van der Waals surface area contributed by atoms with E-state index in [0.29, 0.717) is 26.9 Å². The predicted molar refractivity (Wildman–Crippen MR) is 106 cm³/mol. The van der Waals surface area contributed by atoms with Gasteiger partial charge in [0, 0.05) is 40.2 Å². The molecule has 0 radical (unpaired) electrons. The molecule has 1 aliphatic heterocycles. The van der Waals surface area contributed by atoms with Gasteiger partial charge in [-0.05, 0) is 18.2 Å². The Kier molecular flexibility index (Phi) is 2.56. The van der Waals surface area contributed by atoms with Crippen LogP contribution in [0, 0.1) is 0 Å². The Morgan fingerprint density at radius 2 is 1.68 bits per heavy atom. The number of carbonyl (C=O) groups is 2. The summed E-state index contributed by atoms with van der Waals surface area (Å²) in [5.74, 6) is 4.93. The molecule has 7 heteroatoms. The summed E-state index contributed by atoms with van der Waals surface area (Å²) >= 11 is 0. The number of imide groups is 1. The molecule has 0 spiro atoms. The highest BCUT2D eigenvalue weighted by Gasteiger charge is 2.40. The zero-order valence-corrected chi connectivity index (χ0v) is 14.8. The molecule has 2 amide bonds. The van der Waals surface area contributed by atoms with Crippen LogP contribution < -0.4 is 5.84 Å². The lowest BCUT2D eigenvalue weighted by atomic mass is 9.97. The second-order valence-corrected chi connectivity index (χ2v) is 7.13. The Bertz CT molecular complexity index is 1540. The summed E-state index contributed by atoms with van der Waals surface area (Å²) in [5, 5.41) is 13.7. The fourth-order valence-corrected chi connectivity index (χ4v) is 4.56. The summed E-state index contributed by atoms with van der Waals surface area (Å²) in [5.41, 5.74) is 3.84. The molecule has 4 N–H and O–H groups in total. The summed E-state index contributed by atoms with van der Waals surface area (Å²) in [4.78, 5) is 29.3. The maximum absolute atomic E-state index is 13.0. The first-order chi connectivity index (χ1) is 13.5. The number of phenolic OH excluding ortho intramolecular Hbond substituents is 1. The third kappa shape index (κ3) is 1.54. The maximum Gasteiger partial charge on any atom is 0.276 e. The van der Waals surface area contributed by atoms with E-state index in [1.165, 1.54) is 0 Å². The molecule has 3 heterocycles. The number of H-pyrrole nitrogens is 1. The molecule has 5 aromatic rings. The Balaban J connectivity index is 2.03. The monoisotopic (exact) mass is 370 g/mol. The standard InChI is InChI=1S/C21H14N4O3/c1-24-13-8-9(26)6-7-11(13)15-17-16(20(27)25(22)21(17)28)14-10-4-2-3-5-12(10)23-18(14)19(15)24/h2-8,23,26H,22H2,1H3. The van der Waals surface area contributed by atoms with Crippen LogP contribution in [0.5, 0.6) is 5.75 Å². The van der Waals surface area contributed by atoms with Crippen molar-refractivity contribution in [1.82, 2.24) is 14.6 Å². The van der Waals surface area contributed by atoms with Crippen LogP contribution in [0.15, 0.2) is 42.5 Å². The highest BCUT2D eigenvalue weighted by atomic mass is 16.3. The first-order valence-corrected chi connectivity index (χ1v) is 8.80. The van der Waals surface area contributed by atoms with E-state index in [9.17, 15) is 14.7 Å². The molecule has 0 bridgehead atoms. The van der Waals surface area contributed by atoms with Crippen molar-refractivity contribution in [2.75, 3.05) is 0 Å². The minimum atomic E-state index is -0.516. The largest absolute Gasteiger partial charge is 0.508 e. The number of hydrogen-bond acceptors (Lipinski definition) is 4. The lowest BCUT2D eigenvalue weighted by molar-refractivity contribution is 0.0655. The first kappa shape index (κ1) is 15.2. The summed E-state index contributed by atoms with van der Waals surface area (Å²) in [6.07, 6.45) is 0. The fourth-order valence-electron chi connectivity index (χ4n) is 4.56. The van der Waals surface area contributed by atoms with E-state index in [1.807, 2.05) is 35.9 Å². The van der Waals surface area contributed by atoms with E-state index in [1.54, 1.807) is 18.2 Å². The van der Waals surface area contributed by atoms with Gasteiger partial charge in [0.1, 0.15) is 5.75 Å². The van der Waals surface area contributed by atoms with Gasteiger partial charge in [-0.1, -0.05) is 18.2 Å². The number of aromatic nitrogens is 2. The highest BCUT2D eigenvalue weighted by molar-refractivity contribution is 6.39.